The minimum atomic E-state index is -0.428. The van der Waals surface area contributed by atoms with Crippen molar-refractivity contribution in [3.63, 3.8) is 0 Å². The molecule has 3 nitrogen and oxygen atoms in total. The lowest BCUT2D eigenvalue weighted by molar-refractivity contribution is -0.121. The van der Waals surface area contributed by atoms with Crippen molar-refractivity contribution in [2.24, 2.45) is 11.7 Å². The number of anilines is 1. The van der Waals surface area contributed by atoms with Gasteiger partial charge in [-0.05, 0) is 31.0 Å². The molecule has 2 rings (SSSR count). The normalized spacial score (nSPS) is 23.7. The smallest absolute Gasteiger partial charge is 0.229 e. The number of carbonyl (C=O) groups excluding carboxylic acids is 1. The Hall–Kier alpha value is -1.13. The second-order valence-corrected chi connectivity index (χ2v) is 5.08. The first-order valence-corrected chi connectivity index (χ1v) is 6.47. The Labute approximate surface area is 111 Å². The van der Waals surface area contributed by atoms with Crippen molar-refractivity contribution in [2.75, 3.05) is 5.32 Å². The van der Waals surface area contributed by atoms with Crippen LogP contribution in [0.15, 0.2) is 18.2 Å². The van der Waals surface area contributed by atoms with E-state index in [0.29, 0.717) is 10.7 Å². The number of hydrogen-bond acceptors (Lipinski definition) is 2. The Morgan fingerprint density at radius 2 is 2.11 bits per heavy atom. The zero-order valence-corrected chi connectivity index (χ0v) is 10.7. The van der Waals surface area contributed by atoms with Crippen LogP contribution in [0, 0.1) is 11.7 Å². The summed E-state index contributed by atoms with van der Waals surface area (Å²) in [5, 5.41) is 2.99. The number of nitrogens with one attached hydrogen (secondary N) is 1. The lowest BCUT2D eigenvalue weighted by atomic mass is 9.84. The molecule has 1 amide bonds. The Morgan fingerprint density at radius 3 is 2.83 bits per heavy atom. The van der Waals surface area contributed by atoms with E-state index in [2.05, 4.69) is 5.32 Å². The molecule has 0 aromatic heterocycles. The highest BCUT2D eigenvalue weighted by Crippen LogP contribution is 2.27. The van der Waals surface area contributed by atoms with Crippen molar-refractivity contribution in [3.8, 4) is 0 Å². The Kier molecular flexibility index (Phi) is 4.19. The van der Waals surface area contributed by atoms with Gasteiger partial charge in [0.1, 0.15) is 5.82 Å². The average molecular weight is 271 g/mol. The van der Waals surface area contributed by atoms with Crippen LogP contribution < -0.4 is 11.1 Å². The quantitative estimate of drug-likeness (QED) is 0.868. The Balaban J connectivity index is 2.08. The zero-order valence-electron chi connectivity index (χ0n) is 9.96. The van der Waals surface area contributed by atoms with Gasteiger partial charge in [0.05, 0.1) is 16.6 Å². The molecule has 98 valence electrons. The van der Waals surface area contributed by atoms with Gasteiger partial charge in [-0.25, -0.2) is 4.39 Å². The number of amides is 1. The molecule has 18 heavy (non-hydrogen) atoms. The fraction of sp³-hybridized carbons (Fsp3) is 0.462. The van der Waals surface area contributed by atoms with Gasteiger partial charge in [-0.3, -0.25) is 4.79 Å². The van der Waals surface area contributed by atoms with Crippen LogP contribution in [-0.4, -0.2) is 11.9 Å². The minimum Gasteiger partial charge on any atom is -0.327 e. The summed E-state index contributed by atoms with van der Waals surface area (Å²) in [6.07, 6.45) is 3.70. The van der Waals surface area contributed by atoms with E-state index in [4.69, 9.17) is 17.3 Å². The fourth-order valence-electron chi connectivity index (χ4n) is 2.30. The molecule has 5 heteroatoms. The number of hydrogen-bond donors (Lipinski definition) is 2. The van der Waals surface area contributed by atoms with E-state index in [9.17, 15) is 9.18 Å². The van der Waals surface area contributed by atoms with Crippen molar-refractivity contribution in [3.05, 3.63) is 29.0 Å². The van der Waals surface area contributed by atoms with E-state index in [0.717, 1.165) is 25.7 Å². The molecular formula is C13H16ClFN2O. The summed E-state index contributed by atoms with van der Waals surface area (Å²) in [7, 11) is 0. The van der Waals surface area contributed by atoms with E-state index in [1.165, 1.54) is 18.2 Å². The predicted octanol–water partition coefficient (Wildman–Crippen LogP) is 2.94. The number of benzene rings is 1. The van der Waals surface area contributed by atoms with Crippen LogP contribution in [0.4, 0.5) is 10.1 Å². The monoisotopic (exact) mass is 270 g/mol. The first-order valence-electron chi connectivity index (χ1n) is 6.09. The van der Waals surface area contributed by atoms with Gasteiger partial charge in [-0.15, -0.1) is 0 Å². The standard InChI is InChI=1S/C13H16ClFN2O/c14-10-6-5-8(15)7-12(10)17-13(18)9-3-1-2-4-11(9)16/h5-7,9,11H,1-4,16H2,(H,17,18). The average Bonchev–Trinajstić information content (AvgIpc) is 2.34. The molecule has 1 fully saturated rings. The Morgan fingerprint density at radius 1 is 1.39 bits per heavy atom. The summed E-state index contributed by atoms with van der Waals surface area (Å²) in [5.74, 6) is -0.810. The van der Waals surface area contributed by atoms with E-state index >= 15 is 0 Å². The summed E-state index contributed by atoms with van der Waals surface area (Å²) >= 11 is 5.90. The number of rotatable bonds is 2. The van der Waals surface area contributed by atoms with Gasteiger partial charge >= 0.3 is 0 Å². The second kappa shape index (κ2) is 5.67. The summed E-state index contributed by atoms with van der Waals surface area (Å²) in [6.45, 7) is 0. The van der Waals surface area contributed by atoms with Crippen LogP contribution in [0.25, 0.3) is 0 Å². The summed E-state index contributed by atoms with van der Waals surface area (Å²) in [5.41, 5.74) is 6.24. The van der Waals surface area contributed by atoms with E-state index in [1.54, 1.807) is 0 Å². The lowest BCUT2D eigenvalue weighted by Crippen LogP contribution is -2.40. The minimum absolute atomic E-state index is 0.119. The zero-order chi connectivity index (χ0) is 13.1. The first-order chi connectivity index (χ1) is 8.58. The first kappa shape index (κ1) is 13.3. The number of carbonyl (C=O) groups is 1. The maximum atomic E-state index is 13.1. The largest absolute Gasteiger partial charge is 0.327 e. The maximum Gasteiger partial charge on any atom is 0.229 e. The van der Waals surface area contributed by atoms with E-state index in [1.807, 2.05) is 0 Å². The number of halogens is 2. The molecule has 0 bridgehead atoms. The van der Waals surface area contributed by atoms with E-state index < -0.39 is 5.82 Å². The molecule has 2 atom stereocenters. The SMILES string of the molecule is NC1CCCCC1C(=O)Nc1cc(F)ccc1Cl. The van der Waals surface area contributed by atoms with Crippen LogP contribution in [0.5, 0.6) is 0 Å². The Bertz CT molecular complexity index is 453. The molecule has 3 N–H and O–H groups in total. The van der Waals surface area contributed by atoms with Crippen LogP contribution in [0.3, 0.4) is 0 Å². The molecule has 0 radical (unpaired) electrons. The van der Waals surface area contributed by atoms with Gasteiger partial charge in [-0.1, -0.05) is 24.4 Å². The molecule has 0 saturated heterocycles. The topological polar surface area (TPSA) is 55.1 Å². The van der Waals surface area contributed by atoms with Crippen molar-refractivity contribution in [2.45, 2.75) is 31.7 Å². The molecule has 1 saturated carbocycles. The lowest BCUT2D eigenvalue weighted by Gasteiger charge is -2.27. The highest BCUT2D eigenvalue weighted by molar-refractivity contribution is 6.33. The van der Waals surface area contributed by atoms with Gasteiger partial charge in [0.2, 0.25) is 5.91 Å². The molecule has 0 aliphatic heterocycles. The van der Waals surface area contributed by atoms with Crippen molar-refractivity contribution in [1.29, 1.82) is 0 Å². The van der Waals surface area contributed by atoms with Crippen molar-refractivity contribution in [1.82, 2.24) is 0 Å². The van der Waals surface area contributed by atoms with Gasteiger partial charge < -0.3 is 11.1 Å². The van der Waals surface area contributed by atoms with Crippen LogP contribution in [0.2, 0.25) is 5.02 Å². The molecule has 1 aromatic rings. The summed E-state index contributed by atoms with van der Waals surface area (Å²) < 4.78 is 13.1. The summed E-state index contributed by atoms with van der Waals surface area (Å²) in [6, 6.07) is 3.78. The molecule has 1 aliphatic carbocycles. The molecule has 2 unspecified atom stereocenters. The number of nitrogens with two attached hydrogens (primary N) is 1. The predicted molar refractivity (Wildman–Crippen MR) is 70.0 cm³/mol. The van der Waals surface area contributed by atoms with Gasteiger partial charge in [0.15, 0.2) is 0 Å². The molecular weight excluding hydrogens is 255 g/mol. The molecule has 1 aromatic carbocycles. The van der Waals surface area contributed by atoms with Gasteiger partial charge in [0, 0.05) is 6.04 Å². The highest BCUT2D eigenvalue weighted by Gasteiger charge is 2.28. The van der Waals surface area contributed by atoms with Crippen molar-refractivity contribution < 1.29 is 9.18 Å². The van der Waals surface area contributed by atoms with Crippen LogP contribution >= 0.6 is 11.6 Å². The maximum absolute atomic E-state index is 13.1. The third-order valence-corrected chi connectivity index (χ3v) is 3.67. The van der Waals surface area contributed by atoms with Gasteiger partial charge in [-0.2, -0.15) is 0 Å². The summed E-state index contributed by atoms with van der Waals surface area (Å²) in [4.78, 5) is 12.1. The third kappa shape index (κ3) is 3.00. The molecule has 1 aliphatic rings. The highest BCUT2D eigenvalue weighted by atomic mass is 35.5. The molecule has 0 heterocycles. The fourth-order valence-corrected chi connectivity index (χ4v) is 2.47. The second-order valence-electron chi connectivity index (χ2n) is 4.67. The van der Waals surface area contributed by atoms with Crippen LogP contribution in [0.1, 0.15) is 25.7 Å². The van der Waals surface area contributed by atoms with Gasteiger partial charge in [0.25, 0.3) is 0 Å². The van der Waals surface area contributed by atoms with E-state index in [-0.39, 0.29) is 17.9 Å². The molecule has 0 spiro atoms. The van der Waals surface area contributed by atoms with Crippen molar-refractivity contribution >= 4 is 23.2 Å². The van der Waals surface area contributed by atoms with Crippen LogP contribution in [-0.2, 0) is 4.79 Å². The third-order valence-electron chi connectivity index (χ3n) is 3.34.